The number of nitrogens with one attached hydrogen (secondary N) is 2. The summed E-state index contributed by atoms with van der Waals surface area (Å²) >= 11 is 0. The van der Waals surface area contributed by atoms with Gasteiger partial charge in [-0.1, -0.05) is 23.8 Å². The highest BCUT2D eigenvalue weighted by atomic mass is 32.2. The number of hydrogen-bond donors (Lipinski definition) is 2. The Labute approximate surface area is 130 Å². The lowest BCUT2D eigenvalue weighted by Crippen LogP contribution is -2.14. The Balaban J connectivity index is 2.23. The van der Waals surface area contributed by atoms with E-state index in [0.717, 1.165) is 17.4 Å². The molecule has 0 unspecified atom stereocenters. The van der Waals surface area contributed by atoms with Crippen LogP contribution in [0.1, 0.15) is 21.5 Å². The molecule has 1 amide bonds. The molecule has 0 saturated heterocycles. The number of carbonyl (C=O) groups is 1. The molecule has 0 saturated carbocycles. The third-order valence-corrected chi connectivity index (χ3v) is 3.70. The molecule has 0 heterocycles. The number of sulfonamides is 1. The Bertz CT molecular complexity index is 797. The Kier molecular flexibility index (Phi) is 4.51. The smallest absolute Gasteiger partial charge is 0.255 e. The van der Waals surface area contributed by atoms with Crippen molar-refractivity contribution in [2.24, 2.45) is 0 Å². The summed E-state index contributed by atoms with van der Waals surface area (Å²) in [4.78, 5) is 12.2. The number of benzene rings is 2. The molecular weight excluding hydrogens is 300 g/mol. The minimum absolute atomic E-state index is 0.291. The van der Waals surface area contributed by atoms with Crippen molar-refractivity contribution in [3.63, 3.8) is 0 Å². The van der Waals surface area contributed by atoms with Gasteiger partial charge in [0.15, 0.2) is 0 Å². The Hall–Kier alpha value is -2.34. The first-order valence-corrected chi connectivity index (χ1v) is 8.60. The highest BCUT2D eigenvalue weighted by Crippen LogP contribution is 2.19. The quantitative estimate of drug-likeness (QED) is 0.910. The number of rotatable bonds is 4. The zero-order chi connectivity index (χ0) is 16.3. The van der Waals surface area contributed by atoms with Gasteiger partial charge in [0.1, 0.15) is 0 Å². The SMILES string of the molecule is Cc1ccc(NC(=O)c2ccc(C)c(NS(C)(=O)=O)c2)cc1. The minimum Gasteiger partial charge on any atom is -0.322 e. The number of amides is 1. The Morgan fingerprint density at radius 1 is 1.00 bits per heavy atom. The molecule has 5 nitrogen and oxygen atoms in total. The van der Waals surface area contributed by atoms with Crippen LogP contribution in [0.4, 0.5) is 11.4 Å². The molecule has 0 aliphatic heterocycles. The molecule has 0 aliphatic carbocycles. The molecule has 0 aromatic heterocycles. The van der Waals surface area contributed by atoms with Crippen LogP contribution in [0.25, 0.3) is 0 Å². The molecule has 0 bridgehead atoms. The van der Waals surface area contributed by atoms with Gasteiger partial charge in [0.25, 0.3) is 5.91 Å². The molecule has 0 radical (unpaired) electrons. The molecule has 6 heteroatoms. The molecule has 116 valence electrons. The molecule has 0 atom stereocenters. The van der Waals surface area contributed by atoms with E-state index in [9.17, 15) is 13.2 Å². The maximum absolute atomic E-state index is 12.2. The van der Waals surface area contributed by atoms with Crippen LogP contribution >= 0.6 is 0 Å². The number of hydrogen-bond acceptors (Lipinski definition) is 3. The van der Waals surface area contributed by atoms with Gasteiger partial charge in [-0.2, -0.15) is 0 Å². The van der Waals surface area contributed by atoms with Crippen molar-refractivity contribution in [1.82, 2.24) is 0 Å². The Morgan fingerprint density at radius 3 is 2.23 bits per heavy atom. The number of aryl methyl sites for hydroxylation is 2. The lowest BCUT2D eigenvalue weighted by Gasteiger charge is -2.10. The largest absolute Gasteiger partial charge is 0.322 e. The average molecular weight is 318 g/mol. The van der Waals surface area contributed by atoms with Crippen LogP contribution in [0.2, 0.25) is 0 Å². The highest BCUT2D eigenvalue weighted by molar-refractivity contribution is 7.92. The lowest BCUT2D eigenvalue weighted by atomic mass is 10.1. The van der Waals surface area contributed by atoms with Gasteiger partial charge in [0.2, 0.25) is 10.0 Å². The van der Waals surface area contributed by atoms with Crippen LogP contribution in [-0.4, -0.2) is 20.6 Å². The summed E-state index contributed by atoms with van der Waals surface area (Å²) in [5.74, 6) is -0.291. The summed E-state index contributed by atoms with van der Waals surface area (Å²) in [6.07, 6.45) is 1.07. The van der Waals surface area contributed by atoms with E-state index in [1.165, 1.54) is 6.07 Å². The van der Waals surface area contributed by atoms with Crippen molar-refractivity contribution < 1.29 is 13.2 Å². The summed E-state index contributed by atoms with van der Waals surface area (Å²) in [6, 6.07) is 12.3. The normalized spacial score (nSPS) is 11.0. The topological polar surface area (TPSA) is 75.3 Å². The van der Waals surface area contributed by atoms with Crippen molar-refractivity contribution in [3.05, 3.63) is 59.2 Å². The van der Waals surface area contributed by atoms with Crippen molar-refractivity contribution in [3.8, 4) is 0 Å². The second-order valence-corrected chi connectivity index (χ2v) is 6.97. The molecule has 0 spiro atoms. The minimum atomic E-state index is -3.39. The predicted molar refractivity (Wildman–Crippen MR) is 88.8 cm³/mol. The molecule has 2 aromatic rings. The predicted octanol–water partition coefficient (Wildman–Crippen LogP) is 2.93. The van der Waals surface area contributed by atoms with Crippen LogP contribution < -0.4 is 10.0 Å². The first-order chi connectivity index (χ1) is 10.2. The summed E-state index contributed by atoms with van der Waals surface area (Å²) in [6.45, 7) is 3.74. The average Bonchev–Trinajstić information content (AvgIpc) is 2.42. The molecular formula is C16H18N2O3S. The summed E-state index contributed by atoms with van der Waals surface area (Å²) in [5.41, 5.74) is 3.33. The van der Waals surface area contributed by atoms with Gasteiger partial charge >= 0.3 is 0 Å². The third kappa shape index (κ3) is 4.33. The van der Waals surface area contributed by atoms with Gasteiger partial charge in [-0.15, -0.1) is 0 Å². The van der Waals surface area contributed by atoms with Gasteiger partial charge < -0.3 is 5.32 Å². The fourth-order valence-corrected chi connectivity index (χ4v) is 2.53. The van der Waals surface area contributed by atoms with Crippen molar-refractivity contribution in [2.45, 2.75) is 13.8 Å². The first-order valence-electron chi connectivity index (χ1n) is 6.71. The van der Waals surface area contributed by atoms with E-state index >= 15 is 0 Å². The monoisotopic (exact) mass is 318 g/mol. The van der Waals surface area contributed by atoms with Gasteiger partial charge in [-0.25, -0.2) is 8.42 Å². The van der Waals surface area contributed by atoms with Gasteiger partial charge in [0.05, 0.1) is 11.9 Å². The zero-order valence-corrected chi connectivity index (χ0v) is 13.5. The van der Waals surface area contributed by atoms with Gasteiger partial charge in [0, 0.05) is 11.3 Å². The van der Waals surface area contributed by atoms with Crippen molar-refractivity contribution >= 4 is 27.3 Å². The van der Waals surface area contributed by atoms with Crippen molar-refractivity contribution in [2.75, 3.05) is 16.3 Å². The van der Waals surface area contributed by atoms with E-state index in [1.807, 2.05) is 31.2 Å². The summed E-state index contributed by atoms with van der Waals surface area (Å²) < 4.78 is 25.1. The van der Waals surface area contributed by atoms with E-state index in [0.29, 0.717) is 16.9 Å². The van der Waals surface area contributed by atoms with Crippen LogP contribution in [0.15, 0.2) is 42.5 Å². The highest BCUT2D eigenvalue weighted by Gasteiger charge is 2.11. The fourth-order valence-electron chi connectivity index (χ4n) is 1.91. The van der Waals surface area contributed by atoms with Crippen LogP contribution in [0.5, 0.6) is 0 Å². The van der Waals surface area contributed by atoms with Crippen LogP contribution in [-0.2, 0) is 10.0 Å². The van der Waals surface area contributed by atoms with Crippen molar-refractivity contribution in [1.29, 1.82) is 0 Å². The van der Waals surface area contributed by atoms with Gasteiger partial charge in [-0.05, 0) is 43.7 Å². The molecule has 2 N–H and O–H groups in total. The van der Waals surface area contributed by atoms with E-state index in [-0.39, 0.29) is 5.91 Å². The molecule has 0 fully saturated rings. The molecule has 2 rings (SSSR count). The second-order valence-electron chi connectivity index (χ2n) is 5.22. The maximum Gasteiger partial charge on any atom is 0.255 e. The molecule has 2 aromatic carbocycles. The molecule has 0 aliphatic rings. The summed E-state index contributed by atoms with van der Waals surface area (Å²) in [5, 5.41) is 2.78. The van der Waals surface area contributed by atoms with Crippen LogP contribution in [0.3, 0.4) is 0 Å². The first kappa shape index (κ1) is 16.0. The number of anilines is 2. The van der Waals surface area contributed by atoms with E-state index < -0.39 is 10.0 Å². The third-order valence-electron chi connectivity index (χ3n) is 3.10. The van der Waals surface area contributed by atoms with Crippen LogP contribution in [0, 0.1) is 13.8 Å². The van der Waals surface area contributed by atoms with E-state index in [4.69, 9.17) is 0 Å². The molecule has 22 heavy (non-hydrogen) atoms. The van der Waals surface area contributed by atoms with Gasteiger partial charge in [-0.3, -0.25) is 9.52 Å². The standard InChI is InChI=1S/C16H18N2O3S/c1-11-4-8-14(9-5-11)17-16(19)13-7-6-12(2)15(10-13)18-22(3,20)21/h4-10,18H,1-3H3,(H,17,19). The number of carbonyl (C=O) groups excluding carboxylic acids is 1. The summed E-state index contributed by atoms with van der Waals surface area (Å²) in [7, 11) is -3.39. The maximum atomic E-state index is 12.2. The Morgan fingerprint density at radius 2 is 1.64 bits per heavy atom. The lowest BCUT2D eigenvalue weighted by molar-refractivity contribution is 0.102. The fraction of sp³-hybridized carbons (Fsp3) is 0.188. The van der Waals surface area contributed by atoms with E-state index in [1.54, 1.807) is 19.1 Å². The van der Waals surface area contributed by atoms with E-state index in [2.05, 4.69) is 10.0 Å². The zero-order valence-electron chi connectivity index (χ0n) is 12.7. The second kappa shape index (κ2) is 6.19.